The highest BCUT2D eigenvalue weighted by Crippen LogP contribution is 2.53. The van der Waals surface area contributed by atoms with Gasteiger partial charge in [0, 0.05) is 16.9 Å². The lowest BCUT2D eigenvalue weighted by molar-refractivity contribution is 0.351. The first-order valence-corrected chi connectivity index (χ1v) is 20.3. The molecule has 0 spiro atoms. The molecule has 0 radical (unpaired) electrons. The number of hydrogen-bond donors (Lipinski definition) is 0. The predicted octanol–water partition coefficient (Wildman–Crippen LogP) is 15.0. The summed E-state index contributed by atoms with van der Waals surface area (Å²) < 4.78 is 7.05. The van der Waals surface area contributed by atoms with Crippen LogP contribution < -0.4 is 0 Å². The first-order chi connectivity index (χ1) is 27.2. The van der Waals surface area contributed by atoms with E-state index in [0.717, 1.165) is 37.0 Å². The molecule has 0 amide bonds. The number of hydrogen-bond acceptors (Lipinski definition) is 1. The van der Waals surface area contributed by atoms with Crippen LogP contribution in [0.25, 0.3) is 60.8 Å². The van der Waals surface area contributed by atoms with E-state index in [2.05, 4.69) is 176 Å². The SMILES string of the molecule is C1=CC2C=Cc3oc4c(C5CC(c6ccc7ccccc7c6)CC(c6ccc7cc(-c8ccccc8)ccc7c6)C5)cc(-c5ccccc5)cc4c3C2CC1. The highest BCUT2D eigenvalue weighted by atomic mass is 16.3. The number of furan rings is 1. The van der Waals surface area contributed by atoms with E-state index >= 15 is 0 Å². The fourth-order valence-corrected chi connectivity index (χ4v) is 10.4. The van der Waals surface area contributed by atoms with Crippen LogP contribution in [0.5, 0.6) is 0 Å². The molecule has 1 heteroatoms. The van der Waals surface area contributed by atoms with Crippen molar-refractivity contribution in [1.82, 2.24) is 0 Å². The van der Waals surface area contributed by atoms with E-state index in [1.165, 1.54) is 77.9 Å². The second kappa shape index (κ2) is 13.4. The minimum atomic E-state index is 0.344. The molecule has 0 N–H and O–H groups in total. The zero-order valence-corrected chi connectivity index (χ0v) is 31.1. The quantitative estimate of drug-likeness (QED) is 0.162. The summed E-state index contributed by atoms with van der Waals surface area (Å²) in [6.45, 7) is 0. The van der Waals surface area contributed by atoms with Gasteiger partial charge in [0.25, 0.3) is 0 Å². The standard InChI is InChI=1S/C54H44O/c1-3-11-35(12-4-1)40-21-22-42-29-44(24-23-41(42)28-40)46-30-45(43-20-19-37-15-7-8-17-39(37)27-43)31-48(32-46)50-33-47(36-13-5-2-6-14-36)34-51-53-49-18-10-9-16-38(49)25-26-52(53)55-54(50)51/h1-9,11-17,19-29,33-34,38,45-46,48-49H,10,18,30-32H2. The minimum absolute atomic E-state index is 0.344. The molecule has 266 valence electrons. The molecule has 1 saturated carbocycles. The van der Waals surface area contributed by atoms with Crippen LogP contribution in [0, 0.1) is 5.92 Å². The van der Waals surface area contributed by atoms with Gasteiger partial charge in [-0.25, -0.2) is 0 Å². The third kappa shape index (κ3) is 5.85. The lowest BCUT2D eigenvalue weighted by Gasteiger charge is -2.36. The van der Waals surface area contributed by atoms with Gasteiger partial charge >= 0.3 is 0 Å². The van der Waals surface area contributed by atoms with Crippen LogP contribution in [0.3, 0.4) is 0 Å². The van der Waals surface area contributed by atoms with Gasteiger partial charge < -0.3 is 4.42 Å². The Morgan fingerprint density at radius 3 is 1.85 bits per heavy atom. The van der Waals surface area contributed by atoms with E-state index in [0.29, 0.717) is 29.6 Å². The summed E-state index contributed by atoms with van der Waals surface area (Å²) in [5.74, 6) is 3.17. The van der Waals surface area contributed by atoms with E-state index in [1.54, 1.807) is 0 Å². The third-order valence-corrected chi connectivity index (χ3v) is 13.1. The smallest absolute Gasteiger partial charge is 0.138 e. The Kier molecular flexibility index (Phi) is 7.94. The molecule has 1 nitrogen and oxygen atoms in total. The molecule has 7 aromatic carbocycles. The summed E-state index contributed by atoms with van der Waals surface area (Å²) in [5.41, 5.74) is 11.9. The average molecular weight is 709 g/mol. The van der Waals surface area contributed by atoms with Crippen LogP contribution in [-0.4, -0.2) is 0 Å². The van der Waals surface area contributed by atoms with Crippen LogP contribution in [-0.2, 0) is 0 Å². The molecule has 5 atom stereocenters. The first kappa shape index (κ1) is 32.5. The number of fused-ring (bicyclic) bond motifs is 7. The Hall–Kier alpha value is -5.92. The summed E-state index contributed by atoms with van der Waals surface area (Å²) in [4.78, 5) is 0. The molecule has 0 aliphatic heterocycles. The monoisotopic (exact) mass is 708 g/mol. The second-order valence-corrected chi connectivity index (χ2v) is 16.3. The van der Waals surface area contributed by atoms with Crippen molar-refractivity contribution in [1.29, 1.82) is 0 Å². The minimum Gasteiger partial charge on any atom is -0.456 e. The molecule has 3 aliphatic rings. The first-order valence-electron chi connectivity index (χ1n) is 20.3. The maximum atomic E-state index is 7.05. The molecule has 0 saturated heterocycles. The zero-order chi connectivity index (χ0) is 36.3. The van der Waals surface area contributed by atoms with Gasteiger partial charge in [0.1, 0.15) is 11.3 Å². The van der Waals surface area contributed by atoms with E-state index < -0.39 is 0 Å². The Bertz CT molecular complexity index is 2760. The van der Waals surface area contributed by atoms with Crippen LogP contribution >= 0.6 is 0 Å². The predicted molar refractivity (Wildman–Crippen MR) is 231 cm³/mol. The van der Waals surface area contributed by atoms with Crippen molar-refractivity contribution in [2.45, 2.75) is 55.8 Å². The number of rotatable bonds is 5. The molecule has 1 heterocycles. The summed E-state index contributed by atoms with van der Waals surface area (Å²) in [7, 11) is 0. The molecule has 55 heavy (non-hydrogen) atoms. The van der Waals surface area contributed by atoms with Gasteiger partial charge in [0.15, 0.2) is 0 Å². The lowest BCUT2D eigenvalue weighted by atomic mass is 9.68. The van der Waals surface area contributed by atoms with Gasteiger partial charge in [0.05, 0.1) is 0 Å². The Morgan fingerprint density at radius 1 is 0.473 bits per heavy atom. The van der Waals surface area contributed by atoms with Crippen molar-refractivity contribution < 1.29 is 4.42 Å². The molecule has 3 aliphatic carbocycles. The third-order valence-electron chi connectivity index (χ3n) is 13.1. The Morgan fingerprint density at radius 2 is 1.09 bits per heavy atom. The molecule has 1 fully saturated rings. The van der Waals surface area contributed by atoms with Gasteiger partial charge in [-0.05, 0) is 141 Å². The largest absolute Gasteiger partial charge is 0.456 e. The average Bonchev–Trinajstić information content (AvgIpc) is 3.65. The Labute approximate surface area is 323 Å². The van der Waals surface area contributed by atoms with Gasteiger partial charge in [0.2, 0.25) is 0 Å². The summed E-state index contributed by atoms with van der Waals surface area (Å²) in [6, 6.07) is 56.9. The molecule has 0 bridgehead atoms. The lowest BCUT2D eigenvalue weighted by Crippen LogP contribution is -2.20. The molecular weight excluding hydrogens is 665 g/mol. The van der Waals surface area contributed by atoms with Crippen LogP contribution in [0.2, 0.25) is 0 Å². The van der Waals surface area contributed by atoms with Crippen LogP contribution in [0.15, 0.2) is 174 Å². The van der Waals surface area contributed by atoms with Gasteiger partial charge in [-0.15, -0.1) is 0 Å². The highest BCUT2D eigenvalue weighted by Gasteiger charge is 2.36. The van der Waals surface area contributed by atoms with E-state index in [9.17, 15) is 0 Å². The second-order valence-electron chi connectivity index (χ2n) is 16.3. The van der Waals surface area contributed by atoms with E-state index in [-0.39, 0.29) is 0 Å². The molecule has 1 aromatic heterocycles. The molecule has 11 rings (SSSR count). The van der Waals surface area contributed by atoms with Crippen molar-refractivity contribution in [2.75, 3.05) is 0 Å². The maximum absolute atomic E-state index is 7.05. The fourth-order valence-electron chi connectivity index (χ4n) is 10.4. The van der Waals surface area contributed by atoms with Crippen molar-refractivity contribution >= 4 is 38.6 Å². The maximum Gasteiger partial charge on any atom is 0.138 e. The van der Waals surface area contributed by atoms with Crippen LogP contribution in [0.4, 0.5) is 0 Å². The normalized spacial score (nSPS) is 21.9. The topological polar surface area (TPSA) is 13.1 Å². The van der Waals surface area contributed by atoms with E-state index in [1.807, 2.05) is 0 Å². The van der Waals surface area contributed by atoms with Gasteiger partial charge in [-0.3, -0.25) is 0 Å². The Balaban J connectivity index is 1.05. The van der Waals surface area contributed by atoms with Crippen LogP contribution in [0.1, 0.15) is 83.8 Å². The highest BCUT2D eigenvalue weighted by molar-refractivity contribution is 5.93. The zero-order valence-electron chi connectivity index (χ0n) is 31.1. The summed E-state index contributed by atoms with van der Waals surface area (Å²) in [6.07, 6.45) is 15.1. The van der Waals surface area contributed by atoms with Gasteiger partial charge in [-0.2, -0.15) is 0 Å². The number of benzene rings is 7. The van der Waals surface area contributed by atoms with Gasteiger partial charge in [-0.1, -0.05) is 152 Å². The summed E-state index contributed by atoms with van der Waals surface area (Å²) in [5, 5.41) is 6.57. The number of allylic oxidation sites excluding steroid dienone is 3. The molecular formula is C54H44O. The van der Waals surface area contributed by atoms with Crippen molar-refractivity contribution in [3.8, 4) is 22.3 Å². The van der Waals surface area contributed by atoms with Crippen molar-refractivity contribution in [3.05, 3.63) is 198 Å². The van der Waals surface area contributed by atoms with Crippen molar-refractivity contribution in [3.63, 3.8) is 0 Å². The summed E-state index contributed by atoms with van der Waals surface area (Å²) >= 11 is 0. The molecule has 8 aromatic rings. The fraction of sp³-hybridized carbons (Fsp3) is 0.185. The van der Waals surface area contributed by atoms with Crippen molar-refractivity contribution in [2.24, 2.45) is 5.92 Å². The van der Waals surface area contributed by atoms with E-state index in [4.69, 9.17) is 4.42 Å². The molecule has 5 unspecified atom stereocenters.